The maximum Gasteiger partial charge on any atom is 0.256 e. The molecule has 1 aliphatic rings. The molecule has 0 bridgehead atoms. The van der Waals surface area contributed by atoms with Gasteiger partial charge in [-0.3, -0.25) is 4.79 Å². The first-order valence-electron chi connectivity index (χ1n) is 5.48. The first kappa shape index (κ1) is 10.7. The van der Waals surface area contributed by atoms with Gasteiger partial charge in [0.2, 0.25) is 0 Å². The van der Waals surface area contributed by atoms with Crippen LogP contribution in [-0.2, 0) is 4.79 Å². The number of aryl methyl sites for hydroxylation is 1. The highest BCUT2D eigenvalue weighted by molar-refractivity contribution is 6.34. The number of H-pyrrole nitrogens is 1. The lowest BCUT2D eigenvalue weighted by Crippen LogP contribution is -2.03. The zero-order valence-electron chi connectivity index (χ0n) is 9.62. The minimum absolute atomic E-state index is 0.238. The summed E-state index contributed by atoms with van der Waals surface area (Å²) in [5.74, 6) is -0.604. The van der Waals surface area contributed by atoms with Gasteiger partial charge in [0.25, 0.3) is 5.91 Å². The Balaban J connectivity index is 2.14. The largest absolute Gasteiger partial charge is 0.348 e. The van der Waals surface area contributed by atoms with Gasteiger partial charge < -0.3 is 10.3 Å². The number of nitrogens with zero attached hydrogens (tertiary/aromatic N) is 1. The second-order valence-electron chi connectivity index (χ2n) is 4.11. The van der Waals surface area contributed by atoms with Crippen LogP contribution in [0.5, 0.6) is 0 Å². The monoisotopic (exact) mass is 243 g/mol. The topological polar surface area (TPSA) is 57.8 Å². The number of amides is 1. The molecule has 0 saturated heterocycles. The van der Waals surface area contributed by atoms with E-state index in [1.807, 2.05) is 6.92 Å². The molecule has 0 saturated carbocycles. The second-order valence-corrected chi connectivity index (χ2v) is 4.11. The number of hydrogen-bond acceptors (Lipinski definition) is 2. The van der Waals surface area contributed by atoms with Crippen LogP contribution in [0.1, 0.15) is 17.0 Å². The molecule has 5 heteroatoms. The lowest BCUT2D eigenvalue weighted by molar-refractivity contribution is -0.110. The SMILES string of the molecule is Cc1[nH]cnc1C=C1C(=O)Nc2ccc(F)cc21. The van der Waals surface area contributed by atoms with Gasteiger partial charge in [-0.2, -0.15) is 0 Å². The van der Waals surface area contributed by atoms with E-state index in [1.165, 1.54) is 12.1 Å². The second kappa shape index (κ2) is 3.80. The predicted octanol–water partition coefficient (Wildman–Crippen LogP) is 2.35. The van der Waals surface area contributed by atoms with E-state index in [2.05, 4.69) is 15.3 Å². The van der Waals surface area contributed by atoms with Crippen molar-refractivity contribution in [2.24, 2.45) is 0 Å². The molecule has 90 valence electrons. The molecule has 1 aromatic carbocycles. The molecule has 1 aliphatic heterocycles. The van der Waals surface area contributed by atoms with Crippen LogP contribution < -0.4 is 5.32 Å². The molecule has 2 N–H and O–H groups in total. The molecule has 0 aliphatic carbocycles. The van der Waals surface area contributed by atoms with Crippen molar-refractivity contribution in [3.8, 4) is 0 Å². The van der Waals surface area contributed by atoms with Crippen molar-refractivity contribution in [3.05, 3.63) is 47.3 Å². The highest BCUT2D eigenvalue weighted by Gasteiger charge is 2.24. The standard InChI is InChI=1S/C13H10FN3O/c1-7-12(16-6-15-7)5-10-9-4-8(14)2-3-11(9)17-13(10)18/h2-6H,1H3,(H,15,16)(H,17,18). The van der Waals surface area contributed by atoms with Crippen molar-refractivity contribution in [2.45, 2.75) is 6.92 Å². The number of fused-ring (bicyclic) bond motifs is 1. The maximum atomic E-state index is 13.2. The Morgan fingerprint density at radius 3 is 2.94 bits per heavy atom. The summed E-state index contributed by atoms with van der Waals surface area (Å²) in [6.07, 6.45) is 3.22. The van der Waals surface area contributed by atoms with Crippen LogP contribution in [0.4, 0.5) is 10.1 Å². The molecule has 3 rings (SSSR count). The molecule has 0 spiro atoms. The van der Waals surface area contributed by atoms with Crippen molar-refractivity contribution in [1.82, 2.24) is 9.97 Å². The van der Waals surface area contributed by atoms with E-state index in [4.69, 9.17) is 0 Å². The van der Waals surface area contributed by atoms with Gasteiger partial charge in [0.1, 0.15) is 5.82 Å². The molecule has 2 aromatic rings. The molecule has 0 radical (unpaired) electrons. The highest BCUT2D eigenvalue weighted by atomic mass is 19.1. The molecule has 0 fully saturated rings. The Labute approximate surface area is 103 Å². The number of aromatic nitrogens is 2. The van der Waals surface area contributed by atoms with Gasteiger partial charge in [0, 0.05) is 16.9 Å². The Morgan fingerprint density at radius 1 is 1.39 bits per heavy atom. The fourth-order valence-corrected chi connectivity index (χ4v) is 1.96. The minimum Gasteiger partial charge on any atom is -0.348 e. The molecule has 18 heavy (non-hydrogen) atoms. The average Bonchev–Trinajstić information content (AvgIpc) is 2.86. The third kappa shape index (κ3) is 1.60. The van der Waals surface area contributed by atoms with Crippen molar-refractivity contribution in [1.29, 1.82) is 0 Å². The van der Waals surface area contributed by atoms with Gasteiger partial charge in [0.05, 0.1) is 17.6 Å². The van der Waals surface area contributed by atoms with Crippen molar-refractivity contribution >= 4 is 23.2 Å². The van der Waals surface area contributed by atoms with Crippen LogP contribution in [0.15, 0.2) is 24.5 Å². The van der Waals surface area contributed by atoms with Crippen molar-refractivity contribution in [2.75, 3.05) is 5.32 Å². The molecular formula is C13H10FN3O. The van der Waals surface area contributed by atoms with E-state index in [1.54, 1.807) is 18.5 Å². The van der Waals surface area contributed by atoms with Crippen LogP contribution in [0.3, 0.4) is 0 Å². The van der Waals surface area contributed by atoms with E-state index in [0.29, 0.717) is 22.5 Å². The number of anilines is 1. The average molecular weight is 243 g/mol. The zero-order valence-corrected chi connectivity index (χ0v) is 9.62. The molecule has 0 atom stereocenters. The third-order valence-corrected chi connectivity index (χ3v) is 2.91. The highest BCUT2D eigenvalue weighted by Crippen LogP contribution is 2.33. The van der Waals surface area contributed by atoms with E-state index in [9.17, 15) is 9.18 Å². The minimum atomic E-state index is -0.366. The third-order valence-electron chi connectivity index (χ3n) is 2.91. The fourth-order valence-electron chi connectivity index (χ4n) is 1.96. The van der Waals surface area contributed by atoms with Gasteiger partial charge in [-0.1, -0.05) is 0 Å². The Bertz CT molecular complexity index is 673. The van der Waals surface area contributed by atoms with Gasteiger partial charge in [-0.05, 0) is 31.2 Å². The fraction of sp³-hybridized carbons (Fsp3) is 0.0769. The molecule has 1 amide bonds. The molecule has 2 heterocycles. The number of imidazole rings is 1. The zero-order chi connectivity index (χ0) is 12.7. The quantitative estimate of drug-likeness (QED) is 0.755. The molecule has 0 unspecified atom stereocenters. The summed E-state index contributed by atoms with van der Waals surface area (Å²) in [6.45, 7) is 1.86. The van der Waals surface area contributed by atoms with E-state index < -0.39 is 0 Å². The van der Waals surface area contributed by atoms with Gasteiger partial charge >= 0.3 is 0 Å². The number of rotatable bonds is 1. The molecule has 4 nitrogen and oxygen atoms in total. The molecular weight excluding hydrogens is 233 g/mol. The van der Waals surface area contributed by atoms with E-state index in [0.717, 1.165) is 5.69 Å². The smallest absolute Gasteiger partial charge is 0.256 e. The Kier molecular flexibility index (Phi) is 2.26. The number of aromatic amines is 1. The first-order chi connectivity index (χ1) is 8.65. The van der Waals surface area contributed by atoms with Crippen molar-refractivity contribution < 1.29 is 9.18 Å². The Hall–Kier alpha value is -2.43. The van der Waals surface area contributed by atoms with Crippen molar-refractivity contribution in [3.63, 3.8) is 0 Å². The van der Waals surface area contributed by atoms with E-state index in [-0.39, 0.29) is 11.7 Å². The summed E-state index contributed by atoms with van der Waals surface area (Å²) < 4.78 is 13.2. The maximum absolute atomic E-state index is 13.2. The summed E-state index contributed by atoms with van der Waals surface area (Å²) >= 11 is 0. The van der Waals surface area contributed by atoms with Gasteiger partial charge in [-0.15, -0.1) is 0 Å². The summed E-state index contributed by atoms with van der Waals surface area (Å²) in [5.41, 5.74) is 3.17. The number of hydrogen-bond donors (Lipinski definition) is 2. The summed E-state index contributed by atoms with van der Waals surface area (Å²) in [4.78, 5) is 18.9. The number of benzene rings is 1. The molecule has 1 aromatic heterocycles. The lowest BCUT2D eigenvalue weighted by atomic mass is 10.1. The summed E-state index contributed by atoms with van der Waals surface area (Å²) in [5, 5.41) is 2.69. The van der Waals surface area contributed by atoms with Gasteiger partial charge in [-0.25, -0.2) is 9.37 Å². The normalized spacial score (nSPS) is 15.9. The number of halogens is 1. The first-order valence-corrected chi connectivity index (χ1v) is 5.48. The summed E-state index contributed by atoms with van der Waals surface area (Å²) in [6, 6.07) is 4.23. The number of carbonyl (C=O) groups excluding carboxylic acids is 1. The Morgan fingerprint density at radius 2 is 2.22 bits per heavy atom. The van der Waals surface area contributed by atoms with Crippen LogP contribution in [0, 0.1) is 12.7 Å². The summed E-state index contributed by atoms with van der Waals surface area (Å²) in [7, 11) is 0. The van der Waals surface area contributed by atoms with Crippen LogP contribution >= 0.6 is 0 Å². The number of nitrogens with one attached hydrogen (secondary N) is 2. The number of carbonyl (C=O) groups is 1. The predicted molar refractivity (Wildman–Crippen MR) is 66.2 cm³/mol. The van der Waals surface area contributed by atoms with Crippen LogP contribution in [0.2, 0.25) is 0 Å². The van der Waals surface area contributed by atoms with Gasteiger partial charge in [0.15, 0.2) is 0 Å². The van der Waals surface area contributed by atoms with E-state index >= 15 is 0 Å². The van der Waals surface area contributed by atoms with Crippen LogP contribution in [-0.4, -0.2) is 15.9 Å². The van der Waals surface area contributed by atoms with Crippen LogP contribution in [0.25, 0.3) is 11.6 Å². The lowest BCUT2D eigenvalue weighted by Gasteiger charge is -1.98.